The van der Waals surface area contributed by atoms with E-state index in [0.717, 1.165) is 58.7 Å². The molecule has 158 valence electrons. The molecule has 1 atom stereocenters. The molecule has 3 aromatic rings. The number of hydrogen-bond donors (Lipinski definition) is 2. The number of carbonyl (C=O) groups is 1. The van der Waals surface area contributed by atoms with Gasteiger partial charge >= 0.3 is 0 Å². The molecule has 1 aromatic carbocycles. The number of aryl methyl sites for hydroxylation is 1. The highest BCUT2D eigenvalue weighted by Crippen LogP contribution is 2.36. The number of anilines is 3. The van der Waals surface area contributed by atoms with Gasteiger partial charge < -0.3 is 20.1 Å². The number of rotatable bonds is 7. The van der Waals surface area contributed by atoms with Crippen LogP contribution >= 0.6 is 22.7 Å². The standard InChI is InChI=1S/C21H24N4O3S2/c1-13-19(30-21(22-13)25-18(26)11-14-7-5-6-10-28-14)16-12-29-20(24-16)23-15-8-3-4-9-17(15)27-2/h3-4,8-9,12,14H,5-7,10-11H2,1-2H3,(H,23,24)(H,22,25,26). The van der Waals surface area contributed by atoms with Gasteiger partial charge in [0, 0.05) is 12.0 Å². The fourth-order valence-corrected chi connectivity index (χ4v) is 5.06. The molecular formula is C21H24N4O3S2. The maximum atomic E-state index is 12.3. The van der Waals surface area contributed by atoms with E-state index >= 15 is 0 Å². The number of amides is 1. The van der Waals surface area contributed by atoms with Gasteiger partial charge in [-0.2, -0.15) is 0 Å². The lowest BCUT2D eigenvalue weighted by Crippen LogP contribution is -2.25. The summed E-state index contributed by atoms with van der Waals surface area (Å²) in [5.74, 6) is 0.703. The largest absolute Gasteiger partial charge is 0.495 e. The molecule has 0 saturated carbocycles. The van der Waals surface area contributed by atoms with Crippen LogP contribution in [0.3, 0.4) is 0 Å². The molecule has 4 rings (SSSR count). The Labute approximate surface area is 183 Å². The zero-order chi connectivity index (χ0) is 20.9. The van der Waals surface area contributed by atoms with Gasteiger partial charge in [0.05, 0.1) is 41.6 Å². The average Bonchev–Trinajstić information content (AvgIpc) is 3.35. The van der Waals surface area contributed by atoms with Crippen LogP contribution in [0.4, 0.5) is 16.0 Å². The van der Waals surface area contributed by atoms with Crippen LogP contribution in [0.15, 0.2) is 29.6 Å². The van der Waals surface area contributed by atoms with Gasteiger partial charge in [0.15, 0.2) is 10.3 Å². The van der Waals surface area contributed by atoms with E-state index in [1.807, 2.05) is 36.6 Å². The van der Waals surface area contributed by atoms with Gasteiger partial charge in [-0.3, -0.25) is 4.79 Å². The van der Waals surface area contributed by atoms with Gasteiger partial charge in [-0.15, -0.1) is 11.3 Å². The number of hydrogen-bond acceptors (Lipinski definition) is 8. The summed E-state index contributed by atoms with van der Waals surface area (Å²) in [7, 11) is 1.64. The average molecular weight is 445 g/mol. The Morgan fingerprint density at radius 1 is 1.27 bits per heavy atom. The van der Waals surface area contributed by atoms with Crippen molar-refractivity contribution in [3.63, 3.8) is 0 Å². The third-order valence-electron chi connectivity index (χ3n) is 4.82. The van der Waals surface area contributed by atoms with Crippen LogP contribution in [-0.4, -0.2) is 35.7 Å². The van der Waals surface area contributed by atoms with Gasteiger partial charge in [0.2, 0.25) is 5.91 Å². The first kappa shape index (κ1) is 20.8. The SMILES string of the molecule is COc1ccccc1Nc1nc(-c2sc(NC(=O)CC3CCCCO3)nc2C)cs1. The predicted octanol–water partition coefficient (Wildman–Crippen LogP) is 5.22. The third-order valence-corrected chi connectivity index (χ3v) is 6.67. The molecule has 1 aliphatic rings. The van der Waals surface area contributed by atoms with Gasteiger partial charge in [0.25, 0.3) is 0 Å². The van der Waals surface area contributed by atoms with Crippen molar-refractivity contribution in [1.82, 2.24) is 9.97 Å². The Bertz CT molecular complexity index is 1010. The van der Waals surface area contributed by atoms with Crippen molar-refractivity contribution in [2.75, 3.05) is 24.4 Å². The second-order valence-electron chi connectivity index (χ2n) is 7.04. The van der Waals surface area contributed by atoms with Crippen molar-refractivity contribution in [2.24, 2.45) is 0 Å². The van der Waals surface area contributed by atoms with E-state index in [4.69, 9.17) is 9.47 Å². The van der Waals surface area contributed by atoms with E-state index < -0.39 is 0 Å². The van der Waals surface area contributed by atoms with E-state index in [2.05, 4.69) is 20.6 Å². The van der Waals surface area contributed by atoms with E-state index in [9.17, 15) is 4.79 Å². The van der Waals surface area contributed by atoms with Gasteiger partial charge in [0.1, 0.15) is 5.75 Å². The molecule has 7 nitrogen and oxygen atoms in total. The molecule has 1 aliphatic heterocycles. The first-order chi connectivity index (χ1) is 14.6. The Hall–Kier alpha value is -2.49. The first-order valence-corrected chi connectivity index (χ1v) is 11.6. The number of thiazole rings is 2. The lowest BCUT2D eigenvalue weighted by atomic mass is 10.1. The minimum Gasteiger partial charge on any atom is -0.495 e. The van der Waals surface area contributed by atoms with Crippen molar-refractivity contribution in [1.29, 1.82) is 0 Å². The summed E-state index contributed by atoms with van der Waals surface area (Å²) >= 11 is 2.95. The van der Waals surface area contributed by atoms with Crippen LogP contribution in [0.1, 0.15) is 31.4 Å². The summed E-state index contributed by atoms with van der Waals surface area (Å²) in [6.07, 6.45) is 3.53. The molecule has 9 heteroatoms. The topological polar surface area (TPSA) is 85.4 Å². The van der Waals surface area contributed by atoms with Crippen LogP contribution < -0.4 is 15.4 Å². The van der Waals surface area contributed by atoms with Crippen molar-refractivity contribution in [3.8, 4) is 16.3 Å². The lowest BCUT2D eigenvalue weighted by molar-refractivity contribution is -0.119. The Balaban J connectivity index is 1.42. The summed E-state index contributed by atoms with van der Waals surface area (Å²) in [6, 6.07) is 7.72. The first-order valence-electron chi connectivity index (χ1n) is 9.87. The number of para-hydroxylation sites is 2. The van der Waals surface area contributed by atoms with Gasteiger partial charge in [-0.1, -0.05) is 23.5 Å². The molecule has 0 spiro atoms. The second-order valence-corrected chi connectivity index (χ2v) is 8.89. The van der Waals surface area contributed by atoms with Crippen LogP contribution in [0, 0.1) is 6.92 Å². The Morgan fingerprint density at radius 3 is 2.93 bits per heavy atom. The smallest absolute Gasteiger partial charge is 0.228 e. The second kappa shape index (κ2) is 9.55. The molecule has 1 saturated heterocycles. The van der Waals surface area contributed by atoms with Crippen molar-refractivity contribution >= 4 is 44.5 Å². The Kier molecular flexibility index (Phi) is 6.61. The van der Waals surface area contributed by atoms with Crippen molar-refractivity contribution < 1.29 is 14.3 Å². The molecule has 0 bridgehead atoms. The molecule has 3 heterocycles. The summed E-state index contributed by atoms with van der Waals surface area (Å²) in [5, 5.41) is 9.56. The molecule has 1 fully saturated rings. The molecule has 1 unspecified atom stereocenters. The minimum atomic E-state index is -0.0565. The van der Waals surface area contributed by atoms with E-state index in [1.165, 1.54) is 22.7 Å². The molecule has 2 N–H and O–H groups in total. The van der Waals surface area contributed by atoms with E-state index in [-0.39, 0.29) is 12.0 Å². The molecule has 30 heavy (non-hydrogen) atoms. The lowest BCUT2D eigenvalue weighted by Gasteiger charge is -2.21. The fraction of sp³-hybridized carbons (Fsp3) is 0.381. The molecule has 0 radical (unpaired) electrons. The predicted molar refractivity (Wildman–Crippen MR) is 121 cm³/mol. The molecular weight excluding hydrogens is 420 g/mol. The highest BCUT2D eigenvalue weighted by atomic mass is 32.1. The number of ether oxygens (including phenoxy) is 2. The van der Waals surface area contributed by atoms with Crippen molar-refractivity contribution in [3.05, 3.63) is 35.3 Å². The van der Waals surface area contributed by atoms with Gasteiger partial charge in [-0.05, 0) is 38.3 Å². The van der Waals surface area contributed by atoms with Crippen LogP contribution in [-0.2, 0) is 9.53 Å². The van der Waals surface area contributed by atoms with E-state index in [0.29, 0.717) is 11.6 Å². The van der Waals surface area contributed by atoms with Crippen LogP contribution in [0.5, 0.6) is 5.75 Å². The number of nitrogens with zero attached hydrogens (tertiary/aromatic N) is 2. The zero-order valence-corrected chi connectivity index (χ0v) is 18.6. The summed E-state index contributed by atoms with van der Waals surface area (Å²) in [6.45, 7) is 2.67. The number of benzene rings is 1. The molecule has 1 amide bonds. The number of nitrogens with one attached hydrogen (secondary N) is 2. The quantitative estimate of drug-likeness (QED) is 0.519. The number of carbonyl (C=O) groups excluding carboxylic acids is 1. The normalized spacial score (nSPS) is 16.3. The number of aromatic nitrogens is 2. The summed E-state index contributed by atoms with van der Waals surface area (Å²) in [5.41, 5.74) is 2.54. The fourth-order valence-electron chi connectivity index (χ4n) is 3.33. The molecule has 2 aromatic heterocycles. The maximum absolute atomic E-state index is 12.3. The van der Waals surface area contributed by atoms with Gasteiger partial charge in [-0.25, -0.2) is 9.97 Å². The zero-order valence-electron chi connectivity index (χ0n) is 16.9. The third kappa shape index (κ3) is 4.97. The Morgan fingerprint density at radius 2 is 2.13 bits per heavy atom. The monoisotopic (exact) mass is 444 g/mol. The van der Waals surface area contributed by atoms with Crippen LogP contribution in [0.25, 0.3) is 10.6 Å². The summed E-state index contributed by atoms with van der Waals surface area (Å²) in [4.78, 5) is 22.5. The highest BCUT2D eigenvalue weighted by molar-refractivity contribution is 7.20. The van der Waals surface area contributed by atoms with Crippen molar-refractivity contribution in [2.45, 2.75) is 38.7 Å². The summed E-state index contributed by atoms with van der Waals surface area (Å²) < 4.78 is 11.0. The highest BCUT2D eigenvalue weighted by Gasteiger charge is 2.20. The maximum Gasteiger partial charge on any atom is 0.228 e. The van der Waals surface area contributed by atoms with Crippen LogP contribution in [0.2, 0.25) is 0 Å². The van der Waals surface area contributed by atoms with E-state index in [1.54, 1.807) is 7.11 Å². The number of methoxy groups -OCH3 is 1. The minimum absolute atomic E-state index is 0.0152. The molecule has 0 aliphatic carbocycles.